The van der Waals surface area contributed by atoms with E-state index in [-0.39, 0.29) is 24.2 Å². The van der Waals surface area contributed by atoms with Gasteiger partial charge in [0.2, 0.25) is 11.8 Å². The van der Waals surface area contributed by atoms with Crippen molar-refractivity contribution >= 4 is 17.5 Å². The Labute approximate surface area is 203 Å². The van der Waals surface area contributed by atoms with Gasteiger partial charge in [-0.1, -0.05) is 6.42 Å². The van der Waals surface area contributed by atoms with E-state index in [4.69, 9.17) is 14.2 Å². The van der Waals surface area contributed by atoms with Gasteiger partial charge in [0.25, 0.3) is 0 Å². The smallest absolute Gasteiger partial charge is 0.228 e. The molecule has 0 spiro atoms. The minimum absolute atomic E-state index is 0.0513. The van der Waals surface area contributed by atoms with Gasteiger partial charge in [0.05, 0.1) is 32.4 Å². The summed E-state index contributed by atoms with van der Waals surface area (Å²) in [6, 6.07) is 5.97. The minimum atomic E-state index is -0.359. The first-order chi connectivity index (χ1) is 16.5. The molecule has 3 heterocycles. The number of rotatable bonds is 9. The Kier molecular flexibility index (Phi) is 8.32. The van der Waals surface area contributed by atoms with Crippen LogP contribution in [0.2, 0.25) is 0 Å². The zero-order chi connectivity index (χ0) is 24.1. The Morgan fingerprint density at radius 3 is 2.68 bits per heavy atom. The van der Waals surface area contributed by atoms with Crippen molar-refractivity contribution in [1.29, 1.82) is 0 Å². The first kappa shape index (κ1) is 24.8. The molecule has 8 heteroatoms. The molecule has 0 aliphatic carbocycles. The predicted molar refractivity (Wildman–Crippen MR) is 130 cm³/mol. The second-order valence-corrected chi connectivity index (χ2v) is 9.72. The fraction of sp³-hybridized carbons (Fsp3) is 0.692. The van der Waals surface area contributed by atoms with Crippen molar-refractivity contribution < 1.29 is 23.8 Å². The third-order valence-electron chi connectivity index (χ3n) is 7.71. The number of hydrogen-bond donors (Lipinski definition) is 0. The van der Waals surface area contributed by atoms with Gasteiger partial charge in [0.1, 0.15) is 11.5 Å². The van der Waals surface area contributed by atoms with E-state index in [0.717, 1.165) is 13.0 Å². The van der Waals surface area contributed by atoms with Crippen molar-refractivity contribution in [1.82, 2.24) is 9.80 Å². The molecular formula is C26H39N3O5. The lowest BCUT2D eigenvalue weighted by Crippen LogP contribution is -2.52. The summed E-state index contributed by atoms with van der Waals surface area (Å²) in [5.74, 6) is 1.37. The zero-order valence-corrected chi connectivity index (χ0v) is 20.8. The third kappa shape index (κ3) is 5.33. The van der Waals surface area contributed by atoms with Crippen molar-refractivity contribution in [3.05, 3.63) is 18.2 Å². The Morgan fingerprint density at radius 2 is 1.91 bits per heavy atom. The lowest BCUT2D eigenvalue weighted by molar-refractivity contribution is -0.137. The lowest BCUT2D eigenvalue weighted by Gasteiger charge is -2.46. The number of benzene rings is 1. The number of carbonyl (C=O) groups excluding carboxylic acids is 2. The summed E-state index contributed by atoms with van der Waals surface area (Å²) in [6.07, 6.45) is 6.36. The molecule has 0 aromatic heterocycles. The van der Waals surface area contributed by atoms with Crippen molar-refractivity contribution in [2.24, 2.45) is 11.8 Å². The number of amides is 2. The number of methoxy groups -OCH3 is 3. The largest absolute Gasteiger partial charge is 0.497 e. The van der Waals surface area contributed by atoms with E-state index in [1.165, 1.54) is 38.8 Å². The van der Waals surface area contributed by atoms with Gasteiger partial charge in [0.15, 0.2) is 0 Å². The maximum absolute atomic E-state index is 13.7. The minimum Gasteiger partial charge on any atom is -0.497 e. The van der Waals surface area contributed by atoms with Crippen LogP contribution in [0, 0.1) is 11.8 Å². The molecule has 1 aromatic rings. The normalized spacial score (nSPS) is 25.2. The van der Waals surface area contributed by atoms with Crippen LogP contribution in [0.25, 0.3) is 0 Å². The van der Waals surface area contributed by atoms with E-state index in [2.05, 4.69) is 4.90 Å². The SMILES string of the molecule is COCCN(C[C@@H]1CCCN2CCCC[C@H]12)C(=O)[C@@H]1CC(=O)N(c2ccc(OC)cc2OC)C1. The summed E-state index contributed by atoms with van der Waals surface area (Å²) >= 11 is 0. The standard InChI is InChI=1S/C26H39N3O5/c1-32-14-13-28(17-19-7-6-12-27-11-5-4-8-22(19)27)26(31)20-15-25(30)29(18-20)23-10-9-21(33-2)16-24(23)34-3/h9-10,16,19-20,22H,4-8,11-15,17-18H2,1-3H3/t19-,20+,22+/m0/s1. The molecule has 1 aromatic carbocycles. The van der Waals surface area contributed by atoms with Crippen molar-refractivity contribution in [2.45, 2.75) is 44.6 Å². The second-order valence-electron chi connectivity index (χ2n) is 9.72. The molecule has 34 heavy (non-hydrogen) atoms. The molecule has 0 saturated carbocycles. The molecule has 3 fully saturated rings. The highest BCUT2D eigenvalue weighted by Gasteiger charge is 2.40. The number of carbonyl (C=O) groups is 2. The van der Waals surface area contributed by atoms with Gasteiger partial charge in [-0.15, -0.1) is 0 Å². The molecule has 188 valence electrons. The average Bonchev–Trinajstić information content (AvgIpc) is 3.26. The summed E-state index contributed by atoms with van der Waals surface area (Å²) in [7, 11) is 4.84. The summed E-state index contributed by atoms with van der Waals surface area (Å²) in [4.78, 5) is 32.9. The Hall–Kier alpha value is -2.32. The fourth-order valence-electron chi connectivity index (χ4n) is 5.94. The number of fused-ring (bicyclic) bond motifs is 1. The predicted octanol–water partition coefficient (Wildman–Crippen LogP) is 2.80. The topological polar surface area (TPSA) is 71.6 Å². The molecule has 3 aliphatic rings. The van der Waals surface area contributed by atoms with Crippen LogP contribution in [0.15, 0.2) is 18.2 Å². The van der Waals surface area contributed by atoms with Crippen LogP contribution in [-0.4, -0.2) is 88.3 Å². The molecule has 8 nitrogen and oxygen atoms in total. The summed E-state index contributed by atoms with van der Waals surface area (Å²) in [6.45, 7) is 4.55. The molecule has 2 amide bonds. The van der Waals surface area contributed by atoms with Gasteiger partial charge in [-0.05, 0) is 56.8 Å². The molecule has 3 saturated heterocycles. The second kappa shape index (κ2) is 11.4. The Balaban J connectivity index is 1.47. The van der Waals surface area contributed by atoms with Gasteiger partial charge in [0, 0.05) is 45.3 Å². The molecule has 3 atom stereocenters. The number of hydrogen-bond acceptors (Lipinski definition) is 6. The zero-order valence-electron chi connectivity index (χ0n) is 20.8. The van der Waals surface area contributed by atoms with Crippen LogP contribution in [-0.2, 0) is 14.3 Å². The van der Waals surface area contributed by atoms with Crippen LogP contribution < -0.4 is 14.4 Å². The van der Waals surface area contributed by atoms with Gasteiger partial charge >= 0.3 is 0 Å². The summed E-state index contributed by atoms with van der Waals surface area (Å²) in [5.41, 5.74) is 0.678. The number of anilines is 1. The lowest BCUT2D eigenvalue weighted by atomic mass is 9.83. The highest BCUT2D eigenvalue weighted by molar-refractivity contribution is 6.01. The Bertz CT molecular complexity index is 861. The molecule has 4 rings (SSSR count). The van der Waals surface area contributed by atoms with E-state index in [0.29, 0.717) is 48.8 Å². The maximum Gasteiger partial charge on any atom is 0.228 e. The quantitative estimate of drug-likeness (QED) is 0.549. The third-order valence-corrected chi connectivity index (χ3v) is 7.71. The number of piperidine rings is 2. The van der Waals surface area contributed by atoms with Gasteiger partial charge in [-0.25, -0.2) is 0 Å². The van der Waals surface area contributed by atoms with Crippen LogP contribution >= 0.6 is 0 Å². The van der Waals surface area contributed by atoms with E-state index >= 15 is 0 Å². The van der Waals surface area contributed by atoms with Crippen molar-refractivity contribution in [3.63, 3.8) is 0 Å². The van der Waals surface area contributed by atoms with Crippen LogP contribution in [0.5, 0.6) is 11.5 Å². The van der Waals surface area contributed by atoms with E-state index < -0.39 is 0 Å². The first-order valence-corrected chi connectivity index (χ1v) is 12.6. The fourth-order valence-corrected chi connectivity index (χ4v) is 5.94. The van der Waals surface area contributed by atoms with Gasteiger partial charge in [-0.2, -0.15) is 0 Å². The first-order valence-electron chi connectivity index (χ1n) is 12.6. The maximum atomic E-state index is 13.7. The molecule has 0 radical (unpaired) electrons. The van der Waals surface area contributed by atoms with Crippen LogP contribution in [0.4, 0.5) is 5.69 Å². The van der Waals surface area contributed by atoms with E-state index in [1.807, 2.05) is 17.0 Å². The van der Waals surface area contributed by atoms with Crippen molar-refractivity contribution in [3.8, 4) is 11.5 Å². The highest BCUT2D eigenvalue weighted by Crippen LogP contribution is 2.37. The highest BCUT2D eigenvalue weighted by atomic mass is 16.5. The monoisotopic (exact) mass is 473 g/mol. The number of ether oxygens (including phenoxy) is 3. The van der Waals surface area contributed by atoms with E-state index in [1.54, 1.807) is 32.3 Å². The summed E-state index contributed by atoms with van der Waals surface area (Å²) < 4.78 is 16.1. The summed E-state index contributed by atoms with van der Waals surface area (Å²) in [5, 5.41) is 0. The van der Waals surface area contributed by atoms with Crippen LogP contribution in [0.3, 0.4) is 0 Å². The Morgan fingerprint density at radius 1 is 1.09 bits per heavy atom. The molecule has 0 bridgehead atoms. The average molecular weight is 474 g/mol. The van der Waals surface area contributed by atoms with Crippen LogP contribution in [0.1, 0.15) is 38.5 Å². The van der Waals surface area contributed by atoms with Gasteiger partial charge in [-0.3, -0.25) is 9.59 Å². The molecule has 3 aliphatic heterocycles. The van der Waals surface area contributed by atoms with Crippen molar-refractivity contribution in [2.75, 3.05) is 65.6 Å². The van der Waals surface area contributed by atoms with E-state index in [9.17, 15) is 9.59 Å². The molecule has 0 unspecified atom stereocenters. The van der Waals surface area contributed by atoms with Gasteiger partial charge < -0.3 is 28.9 Å². The molecule has 0 N–H and O–H groups in total. The number of nitrogens with zero attached hydrogens (tertiary/aromatic N) is 3. The molecular weight excluding hydrogens is 434 g/mol.